The molecule has 0 bridgehead atoms. The Morgan fingerprint density at radius 3 is 2.69 bits per heavy atom. The Hall–Kier alpha value is -1.09. The van der Waals surface area contributed by atoms with Gasteiger partial charge in [-0.05, 0) is 37.3 Å². The van der Waals surface area contributed by atoms with Gasteiger partial charge in [0.25, 0.3) is 0 Å². The summed E-state index contributed by atoms with van der Waals surface area (Å²) in [5.41, 5.74) is 0.876. The summed E-state index contributed by atoms with van der Waals surface area (Å²) in [7, 11) is 2.09. The minimum Gasteiger partial charge on any atom is -0.389 e. The van der Waals surface area contributed by atoms with Gasteiger partial charge in [0.1, 0.15) is 5.82 Å². The molecule has 0 unspecified atom stereocenters. The van der Waals surface area contributed by atoms with Gasteiger partial charge in [-0.3, -0.25) is 0 Å². The van der Waals surface area contributed by atoms with E-state index >= 15 is 0 Å². The third-order valence-electron chi connectivity index (χ3n) is 3.40. The van der Waals surface area contributed by atoms with E-state index in [0.29, 0.717) is 0 Å². The van der Waals surface area contributed by atoms with E-state index < -0.39 is 6.10 Å². The van der Waals surface area contributed by atoms with Gasteiger partial charge in [-0.2, -0.15) is 0 Å². The van der Waals surface area contributed by atoms with Crippen LogP contribution in [-0.4, -0.2) is 23.7 Å². The zero-order valence-corrected chi connectivity index (χ0v) is 10.1. The van der Waals surface area contributed by atoms with Crippen LogP contribution in [0.5, 0.6) is 0 Å². The number of nitrogens with zero attached hydrogens (tertiary/aromatic N) is 2. The second kappa shape index (κ2) is 4.83. The second-order valence-corrected chi connectivity index (χ2v) is 4.80. The largest absolute Gasteiger partial charge is 0.389 e. The molecule has 1 N–H and O–H groups in total. The normalized spacial score (nSPS) is 17.9. The third-order valence-corrected chi connectivity index (χ3v) is 3.40. The molecule has 0 saturated heterocycles. The first-order valence-electron chi connectivity index (χ1n) is 6.02. The monoisotopic (exact) mass is 220 g/mol. The maximum Gasteiger partial charge on any atom is 0.128 e. The Morgan fingerprint density at radius 1 is 1.50 bits per heavy atom. The van der Waals surface area contributed by atoms with Crippen molar-refractivity contribution in [3.05, 3.63) is 23.9 Å². The van der Waals surface area contributed by atoms with Gasteiger partial charge in [0.2, 0.25) is 0 Å². The van der Waals surface area contributed by atoms with Gasteiger partial charge >= 0.3 is 0 Å². The van der Waals surface area contributed by atoms with Crippen LogP contribution in [0, 0.1) is 5.92 Å². The molecule has 0 radical (unpaired) electrons. The summed E-state index contributed by atoms with van der Waals surface area (Å²) >= 11 is 0. The molecular weight excluding hydrogens is 200 g/mol. The summed E-state index contributed by atoms with van der Waals surface area (Å²) in [5, 5.41) is 9.39. The summed E-state index contributed by atoms with van der Waals surface area (Å²) in [4.78, 5) is 6.58. The molecule has 1 fully saturated rings. The first-order chi connectivity index (χ1) is 7.66. The van der Waals surface area contributed by atoms with Crippen molar-refractivity contribution in [1.82, 2.24) is 4.98 Å². The van der Waals surface area contributed by atoms with Gasteiger partial charge in [0.15, 0.2) is 0 Å². The van der Waals surface area contributed by atoms with Crippen LogP contribution >= 0.6 is 0 Å². The van der Waals surface area contributed by atoms with Gasteiger partial charge in [0, 0.05) is 19.8 Å². The fraction of sp³-hybridized carbons (Fsp3) is 0.615. The molecule has 0 spiro atoms. The lowest BCUT2D eigenvalue weighted by molar-refractivity contribution is 0.199. The highest BCUT2D eigenvalue weighted by atomic mass is 16.3. The second-order valence-electron chi connectivity index (χ2n) is 4.80. The van der Waals surface area contributed by atoms with E-state index in [-0.39, 0.29) is 0 Å². The maximum atomic E-state index is 9.39. The predicted molar refractivity (Wildman–Crippen MR) is 65.5 cm³/mol. The minimum absolute atomic E-state index is 0.432. The fourth-order valence-corrected chi connectivity index (χ4v) is 2.03. The molecule has 1 aliphatic carbocycles. The van der Waals surface area contributed by atoms with Crippen molar-refractivity contribution < 1.29 is 5.11 Å². The van der Waals surface area contributed by atoms with Gasteiger partial charge in [-0.15, -0.1) is 0 Å². The smallest absolute Gasteiger partial charge is 0.128 e. The predicted octanol–water partition coefficient (Wildman–Crippen LogP) is 2.37. The average molecular weight is 220 g/mol. The maximum absolute atomic E-state index is 9.39. The van der Waals surface area contributed by atoms with Gasteiger partial charge < -0.3 is 10.0 Å². The molecule has 1 aromatic rings. The Bertz CT molecular complexity index is 330. The Balaban J connectivity index is 1.97. The Morgan fingerprint density at radius 2 is 2.25 bits per heavy atom. The summed E-state index contributed by atoms with van der Waals surface area (Å²) in [5.74, 6) is 1.85. The molecule has 1 atom stereocenters. The van der Waals surface area contributed by atoms with Crippen molar-refractivity contribution in [1.29, 1.82) is 0 Å². The number of aliphatic hydroxyl groups excluding tert-OH is 1. The summed E-state index contributed by atoms with van der Waals surface area (Å²) in [6.07, 6.45) is 5.43. The number of hydrogen-bond donors (Lipinski definition) is 1. The number of rotatable bonds is 4. The lowest BCUT2D eigenvalue weighted by Gasteiger charge is -2.30. The van der Waals surface area contributed by atoms with Crippen molar-refractivity contribution >= 4 is 5.82 Å². The number of anilines is 1. The molecule has 88 valence electrons. The molecule has 0 aromatic carbocycles. The van der Waals surface area contributed by atoms with E-state index in [1.54, 1.807) is 13.1 Å². The quantitative estimate of drug-likeness (QED) is 0.846. The van der Waals surface area contributed by atoms with E-state index in [9.17, 15) is 5.11 Å². The number of pyridine rings is 1. The van der Waals surface area contributed by atoms with Crippen molar-refractivity contribution in [2.45, 2.75) is 32.3 Å². The van der Waals surface area contributed by atoms with Crippen LogP contribution in [0.25, 0.3) is 0 Å². The van der Waals surface area contributed by atoms with E-state index in [2.05, 4.69) is 16.9 Å². The molecule has 1 aliphatic rings. The zero-order chi connectivity index (χ0) is 11.5. The van der Waals surface area contributed by atoms with Crippen molar-refractivity contribution in [3.8, 4) is 0 Å². The van der Waals surface area contributed by atoms with Crippen LogP contribution in [0.2, 0.25) is 0 Å². The minimum atomic E-state index is -0.432. The summed E-state index contributed by atoms with van der Waals surface area (Å²) < 4.78 is 0. The lowest BCUT2D eigenvalue weighted by Crippen LogP contribution is -2.29. The van der Waals surface area contributed by atoms with Crippen molar-refractivity contribution in [2.24, 2.45) is 5.92 Å². The topological polar surface area (TPSA) is 36.4 Å². The molecular formula is C13H20N2O. The highest BCUT2D eigenvalue weighted by Gasteiger charge is 2.19. The van der Waals surface area contributed by atoms with Crippen LogP contribution in [0.15, 0.2) is 18.3 Å². The molecule has 3 nitrogen and oxygen atoms in total. The van der Waals surface area contributed by atoms with Crippen LogP contribution in [0.4, 0.5) is 5.82 Å². The lowest BCUT2D eigenvalue weighted by atomic mass is 9.85. The Labute approximate surface area is 97.1 Å². The highest BCUT2D eigenvalue weighted by molar-refractivity contribution is 5.38. The van der Waals surface area contributed by atoms with E-state index in [4.69, 9.17) is 0 Å². The molecule has 0 amide bonds. The zero-order valence-electron chi connectivity index (χ0n) is 10.1. The first-order valence-corrected chi connectivity index (χ1v) is 6.02. The average Bonchev–Trinajstić information content (AvgIpc) is 2.23. The van der Waals surface area contributed by atoms with Crippen molar-refractivity contribution in [3.63, 3.8) is 0 Å². The van der Waals surface area contributed by atoms with E-state index in [0.717, 1.165) is 23.8 Å². The van der Waals surface area contributed by atoms with Gasteiger partial charge in [0.05, 0.1) is 6.10 Å². The third kappa shape index (κ3) is 2.53. The molecule has 0 aliphatic heterocycles. The van der Waals surface area contributed by atoms with E-state index in [1.165, 1.54) is 19.3 Å². The van der Waals surface area contributed by atoms with Crippen LogP contribution in [0.1, 0.15) is 37.9 Å². The molecule has 1 heterocycles. The number of aromatic nitrogens is 1. The number of hydrogen-bond acceptors (Lipinski definition) is 3. The van der Waals surface area contributed by atoms with Gasteiger partial charge in [-0.25, -0.2) is 4.98 Å². The molecule has 16 heavy (non-hydrogen) atoms. The van der Waals surface area contributed by atoms with Crippen LogP contribution < -0.4 is 4.90 Å². The highest BCUT2D eigenvalue weighted by Crippen LogP contribution is 2.28. The van der Waals surface area contributed by atoms with Crippen LogP contribution in [-0.2, 0) is 0 Å². The van der Waals surface area contributed by atoms with Gasteiger partial charge in [-0.1, -0.05) is 12.5 Å². The van der Waals surface area contributed by atoms with E-state index in [1.807, 2.05) is 12.1 Å². The standard InChI is InChI=1S/C13H20N2O/c1-10(16)12-6-7-13(14-8-12)15(2)9-11-4-3-5-11/h6-8,10-11,16H,3-5,9H2,1-2H3/t10-/m0/s1. The van der Waals surface area contributed by atoms with Crippen molar-refractivity contribution in [2.75, 3.05) is 18.5 Å². The molecule has 2 rings (SSSR count). The summed E-state index contributed by atoms with van der Waals surface area (Å²) in [6, 6.07) is 3.94. The molecule has 1 aromatic heterocycles. The van der Waals surface area contributed by atoms with Crippen LogP contribution in [0.3, 0.4) is 0 Å². The Kier molecular flexibility index (Phi) is 3.44. The fourth-order valence-electron chi connectivity index (χ4n) is 2.03. The molecule has 3 heteroatoms. The molecule has 1 saturated carbocycles. The number of aliphatic hydroxyl groups is 1. The summed E-state index contributed by atoms with van der Waals surface area (Å²) in [6.45, 7) is 2.86. The first kappa shape index (κ1) is 11.4. The SMILES string of the molecule is C[C@H](O)c1ccc(N(C)CC2CCC2)nc1.